The Bertz CT molecular complexity index is 577. The van der Waals surface area contributed by atoms with Crippen LogP contribution >= 0.6 is 0 Å². The van der Waals surface area contributed by atoms with Crippen LogP contribution < -0.4 is 10.6 Å². The van der Waals surface area contributed by atoms with Crippen molar-refractivity contribution in [2.45, 2.75) is 12.8 Å². The number of piperazine rings is 1. The van der Waals surface area contributed by atoms with Gasteiger partial charge in [0.2, 0.25) is 0 Å². The van der Waals surface area contributed by atoms with Crippen molar-refractivity contribution in [1.29, 1.82) is 0 Å². The first-order chi connectivity index (χ1) is 10.8. The van der Waals surface area contributed by atoms with E-state index in [4.69, 9.17) is 5.73 Å². The second-order valence-electron chi connectivity index (χ2n) is 5.87. The molecule has 0 saturated carbocycles. The molecule has 1 saturated heterocycles. The van der Waals surface area contributed by atoms with E-state index in [2.05, 4.69) is 39.0 Å². The van der Waals surface area contributed by atoms with E-state index in [0.29, 0.717) is 0 Å². The van der Waals surface area contributed by atoms with Gasteiger partial charge in [-0.1, -0.05) is 18.2 Å². The number of aromatic nitrogens is 1. The van der Waals surface area contributed by atoms with Crippen molar-refractivity contribution in [3.8, 4) is 0 Å². The van der Waals surface area contributed by atoms with Crippen molar-refractivity contribution < 1.29 is 0 Å². The van der Waals surface area contributed by atoms with Gasteiger partial charge in [0.15, 0.2) is 0 Å². The quantitative estimate of drug-likeness (QED) is 0.861. The normalized spacial score (nSPS) is 15.9. The van der Waals surface area contributed by atoms with Gasteiger partial charge in [-0.3, -0.25) is 4.90 Å². The third-order valence-electron chi connectivity index (χ3n) is 4.24. The molecular formula is C18H24N4. The van der Waals surface area contributed by atoms with Gasteiger partial charge in [-0.2, -0.15) is 0 Å². The molecule has 0 bridgehead atoms. The van der Waals surface area contributed by atoms with Crippen LogP contribution in [-0.4, -0.2) is 42.6 Å². The topological polar surface area (TPSA) is 45.4 Å². The van der Waals surface area contributed by atoms with Crippen LogP contribution in [-0.2, 0) is 6.42 Å². The fourth-order valence-corrected chi connectivity index (χ4v) is 3.00. The number of hydrogen-bond acceptors (Lipinski definition) is 4. The van der Waals surface area contributed by atoms with E-state index in [-0.39, 0.29) is 0 Å². The Kier molecular flexibility index (Phi) is 4.91. The van der Waals surface area contributed by atoms with E-state index in [1.54, 1.807) is 0 Å². The second kappa shape index (κ2) is 7.27. The predicted molar refractivity (Wildman–Crippen MR) is 92.1 cm³/mol. The minimum absolute atomic E-state index is 0.862. The van der Waals surface area contributed by atoms with E-state index in [0.717, 1.165) is 50.6 Å². The Balaban J connectivity index is 1.41. The molecule has 2 heterocycles. The summed E-state index contributed by atoms with van der Waals surface area (Å²) in [7, 11) is 0. The van der Waals surface area contributed by atoms with Crippen LogP contribution in [0.25, 0.3) is 0 Å². The molecule has 0 spiro atoms. The maximum atomic E-state index is 5.82. The van der Waals surface area contributed by atoms with E-state index >= 15 is 0 Å². The average Bonchev–Trinajstić information content (AvgIpc) is 2.56. The third kappa shape index (κ3) is 3.98. The summed E-state index contributed by atoms with van der Waals surface area (Å²) in [5, 5.41) is 0. The van der Waals surface area contributed by atoms with Gasteiger partial charge in [-0.05, 0) is 49.2 Å². The summed E-state index contributed by atoms with van der Waals surface area (Å²) in [6, 6.07) is 14.3. The highest BCUT2D eigenvalue weighted by Crippen LogP contribution is 2.13. The summed E-state index contributed by atoms with van der Waals surface area (Å²) in [5.41, 5.74) is 8.02. The van der Waals surface area contributed by atoms with Crippen LogP contribution in [0.15, 0.2) is 48.7 Å². The number of rotatable bonds is 5. The zero-order valence-corrected chi connectivity index (χ0v) is 13.0. The standard InChI is InChI=1S/C18H24N4/c19-17-7-3-5-16(15-17)6-4-10-21-11-13-22(14-12-21)18-8-1-2-9-20-18/h1-3,5,7-9,15H,4,6,10-14,19H2. The molecule has 0 amide bonds. The number of nitrogens with zero attached hydrogens (tertiary/aromatic N) is 3. The molecule has 0 unspecified atom stereocenters. The molecule has 1 aromatic heterocycles. The monoisotopic (exact) mass is 296 g/mol. The predicted octanol–water partition coefficient (Wildman–Crippen LogP) is 2.42. The van der Waals surface area contributed by atoms with Gasteiger partial charge in [-0.25, -0.2) is 4.98 Å². The number of nitrogen functional groups attached to an aromatic ring is 1. The lowest BCUT2D eigenvalue weighted by Gasteiger charge is -2.35. The third-order valence-corrected chi connectivity index (χ3v) is 4.24. The summed E-state index contributed by atoms with van der Waals surface area (Å²) >= 11 is 0. The number of hydrogen-bond donors (Lipinski definition) is 1. The molecule has 0 aliphatic carbocycles. The number of nitrogens with two attached hydrogens (primary N) is 1. The molecule has 0 radical (unpaired) electrons. The van der Waals surface area contributed by atoms with E-state index in [1.165, 1.54) is 12.0 Å². The van der Waals surface area contributed by atoms with Gasteiger partial charge >= 0.3 is 0 Å². The smallest absolute Gasteiger partial charge is 0.128 e. The SMILES string of the molecule is Nc1cccc(CCCN2CCN(c3ccccn3)CC2)c1. The molecule has 4 nitrogen and oxygen atoms in total. The molecule has 116 valence electrons. The molecule has 1 aliphatic rings. The van der Waals surface area contributed by atoms with Crippen LogP contribution in [0.3, 0.4) is 0 Å². The van der Waals surface area contributed by atoms with Crippen molar-refractivity contribution in [3.05, 3.63) is 54.2 Å². The Labute approximate surface area is 132 Å². The summed E-state index contributed by atoms with van der Waals surface area (Å²) in [5.74, 6) is 1.10. The molecule has 3 rings (SSSR count). The van der Waals surface area contributed by atoms with Crippen LogP contribution in [0.1, 0.15) is 12.0 Å². The van der Waals surface area contributed by atoms with E-state index in [1.807, 2.05) is 24.4 Å². The van der Waals surface area contributed by atoms with Crippen LogP contribution in [0.5, 0.6) is 0 Å². The Morgan fingerprint density at radius 1 is 1.00 bits per heavy atom. The van der Waals surface area contributed by atoms with Gasteiger partial charge in [0.1, 0.15) is 5.82 Å². The molecule has 22 heavy (non-hydrogen) atoms. The molecule has 1 aromatic carbocycles. The van der Waals surface area contributed by atoms with Gasteiger partial charge in [0, 0.05) is 38.1 Å². The van der Waals surface area contributed by atoms with Crippen LogP contribution in [0, 0.1) is 0 Å². The summed E-state index contributed by atoms with van der Waals surface area (Å²) < 4.78 is 0. The average molecular weight is 296 g/mol. The first kappa shape index (κ1) is 14.9. The lowest BCUT2D eigenvalue weighted by molar-refractivity contribution is 0.254. The first-order valence-corrected chi connectivity index (χ1v) is 8.04. The van der Waals surface area contributed by atoms with Gasteiger partial charge < -0.3 is 10.6 Å². The molecule has 4 heteroatoms. The van der Waals surface area contributed by atoms with Gasteiger partial charge in [0.25, 0.3) is 0 Å². The number of anilines is 2. The van der Waals surface area contributed by atoms with E-state index < -0.39 is 0 Å². The zero-order valence-electron chi connectivity index (χ0n) is 13.0. The lowest BCUT2D eigenvalue weighted by atomic mass is 10.1. The Morgan fingerprint density at radius 3 is 2.59 bits per heavy atom. The van der Waals surface area contributed by atoms with E-state index in [9.17, 15) is 0 Å². The number of pyridine rings is 1. The molecule has 2 N–H and O–H groups in total. The molecule has 1 fully saturated rings. The first-order valence-electron chi connectivity index (χ1n) is 8.04. The summed E-state index contributed by atoms with van der Waals surface area (Å²) in [6.45, 7) is 5.52. The van der Waals surface area contributed by atoms with Crippen LogP contribution in [0.2, 0.25) is 0 Å². The van der Waals surface area contributed by atoms with Crippen molar-refractivity contribution in [1.82, 2.24) is 9.88 Å². The van der Waals surface area contributed by atoms with Crippen molar-refractivity contribution in [3.63, 3.8) is 0 Å². The Hall–Kier alpha value is -2.07. The van der Waals surface area contributed by atoms with Crippen molar-refractivity contribution >= 4 is 11.5 Å². The number of benzene rings is 1. The second-order valence-corrected chi connectivity index (χ2v) is 5.87. The summed E-state index contributed by atoms with van der Waals surface area (Å²) in [6.07, 6.45) is 4.16. The Morgan fingerprint density at radius 2 is 1.86 bits per heavy atom. The minimum atomic E-state index is 0.862. The fourth-order valence-electron chi connectivity index (χ4n) is 3.00. The highest BCUT2D eigenvalue weighted by Gasteiger charge is 2.17. The molecular weight excluding hydrogens is 272 g/mol. The molecule has 1 aliphatic heterocycles. The molecule has 0 atom stereocenters. The lowest BCUT2D eigenvalue weighted by Crippen LogP contribution is -2.46. The highest BCUT2D eigenvalue weighted by atomic mass is 15.3. The zero-order chi connectivity index (χ0) is 15.2. The number of aryl methyl sites for hydroxylation is 1. The van der Waals surface area contributed by atoms with Gasteiger partial charge in [0.05, 0.1) is 0 Å². The van der Waals surface area contributed by atoms with Crippen molar-refractivity contribution in [2.24, 2.45) is 0 Å². The van der Waals surface area contributed by atoms with Crippen LogP contribution in [0.4, 0.5) is 11.5 Å². The largest absolute Gasteiger partial charge is 0.399 e. The molecule has 2 aromatic rings. The maximum absolute atomic E-state index is 5.82. The summed E-state index contributed by atoms with van der Waals surface area (Å²) in [4.78, 5) is 9.35. The fraction of sp³-hybridized carbons (Fsp3) is 0.389. The highest BCUT2D eigenvalue weighted by molar-refractivity contribution is 5.40. The van der Waals surface area contributed by atoms with Gasteiger partial charge in [-0.15, -0.1) is 0 Å². The van der Waals surface area contributed by atoms with Crippen molar-refractivity contribution in [2.75, 3.05) is 43.4 Å². The minimum Gasteiger partial charge on any atom is -0.399 e. The maximum Gasteiger partial charge on any atom is 0.128 e.